The highest BCUT2D eigenvalue weighted by Gasteiger charge is 2.34. The number of sulfonamides is 1. The van der Waals surface area contributed by atoms with E-state index in [1.165, 1.54) is 0 Å². The fraction of sp³-hybridized carbons (Fsp3) is 0.333. The summed E-state index contributed by atoms with van der Waals surface area (Å²) in [7, 11) is -3.49. The molecule has 0 unspecified atom stereocenters. The van der Waals surface area contributed by atoms with E-state index in [-0.39, 0.29) is 24.1 Å². The predicted octanol–water partition coefficient (Wildman–Crippen LogP) is 0.351. The molecule has 2 N–H and O–H groups in total. The van der Waals surface area contributed by atoms with E-state index in [2.05, 4.69) is 0 Å². The lowest BCUT2D eigenvalue weighted by Gasteiger charge is -2.13. The molecule has 1 aromatic carbocycles. The first-order valence-corrected chi connectivity index (χ1v) is 7.57. The summed E-state index contributed by atoms with van der Waals surface area (Å²) in [6.45, 7) is 0.210. The van der Waals surface area contributed by atoms with Crippen LogP contribution in [0.15, 0.2) is 24.3 Å². The fourth-order valence-corrected chi connectivity index (χ4v) is 2.62. The van der Waals surface area contributed by atoms with Gasteiger partial charge in [0.05, 0.1) is 16.9 Å². The number of nitrogens with two attached hydrogens (primary N) is 1. The summed E-state index contributed by atoms with van der Waals surface area (Å²) in [6, 6.07) is 6.63. The van der Waals surface area contributed by atoms with Crippen LogP contribution in [-0.4, -0.2) is 37.4 Å². The van der Waals surface area contributed by atoms with Crippen molar-refractivity contribution in [3.05, 3.63) is 35.4 Å². The van der Waals surface area contributed by atoms with Crippen molar-refractivity contribution in [2.75, 3.05) is 12.3 Å². The zero-order chi connectivity index (χ0) is 14.0. The van der Waals surface area contributed by atoms with E-state index in [9.17, 15) is 18.0 Å². The molecular weight excluding hydrogens is 268 g/mol. The molecule has 0 saturated carbocycles. The average Bonchev–Trinajstić information content (AvgIpc) is 2.58. The topological polar surface area (TPSA) is 97.5 Å². The quantitative estimate of drug-likeness (QED) is 0.622. The maximum absolute atomic E-state index is 12.0. The van der Waals surface area contributed by atoms with Gasteiger partial charge in [0.25, 0.3) is 11.8 Å². The van der Waals surface area contributed by atoms with Crippen molar-refractivity contribution < 1.29 is 18.0 Å². The molecule has 0 atom stereocenters. The molecule has 6 nitrogen and oxygen atoms in total. The average molecular weight is 282 g/mol. The highest BCUT2D eigenvalue weighted by atomic mass is 32.2. The number of rotatable bonds is 5. The number of benzene rings is 1. The minimum Gasteiger partial charge on any atom is -0.274 e. The molecule has 0 radical (unpaired) electrons. The third kappa shape index (κ3) is 2.99. The van der Waals surface area contributed by atoms with Crippen molar-refractivity contribution in [1.82, 2.24) is 4.90 Å². The molecule has 0 bridgehead atoms. The van der Waals surface area contributed by atoms with Gasteiger partial charge in [0.1, 0.15) is 0 Å². The molecule has 0 spiro atoms. The van der Waals surface area contributed by atoms with E-state index in [1.807, 2.05) is 0 Å². The third-order valence-electron chi connectivity index (χ3n) is 2.94. The summed E-state index contributed by atoms with van der Waals surface area (Å²) < 4.78 is 21.5. The van der Waals surface area contributed by atoms with E-state index in [0.29, 0.717) is 24.0 Å². The summed E-state index contributed by atoms with van der Waals surface area (Å²) in [5.74, 6) is -0.789. The van der Waals surface area contributed by atoms with Crippen LogP contribution in [0.1, 0.15) is 33.6 Å². The Balaban J connectivity index is 1.97. The molecule has 1 aliphatic rings. The molecule has 0 saturated heterocycles. The molecule has 0 aliphatic carbocycles. The number of hydrogen-bond acceptors (Lipinski definition) is 4. The standard InChI is InChI=1S/C12H14N2O4S/c13-19(17,18)8-4-3-7-14-11(15)9-5-1-2-6-10(9)12(14)16/h1-2,5-6H,3-4,7-8H2,(H2,13,17,18). The highest BCUT2D eigenvalue weighted by molar-refractivity contribution is 7.89. The van der Waals surface area contributed by atoms with Crippen molar-refractivity contribution in [1.29, 1.82) is 0 Å². The van der Waals surface area contributed by atoms with Crippen LogP contribution in [-0.2, 0) is 10.0 Å². The van der Waals surface area contributed by atoms with Gasteiger partial charge in [-0.25, -0.2) is 13.6 Å². The minimum atomic E-state index is -3.49. The number of carbonyl (C=O) groups excluding carboxylic acids is 2. The number of nitrogens with zero attached hydrogens (tertiary/aromatic N) is 1. The molecule has 1 aliphatic heterocycles. The van der Waals surface area contributed by atoms with Crippen molar-refractivity contribution >= 4 is 21.8 Å². The Hall–Kier alpha value is -1.73. The van der Waals surface area contributed by atoms with Gasteiger partial charge in [-0.05, 0) is 25.0 Å². The lowest BCUT2D eigenvalue weighted by Crippen LogP contribution is -2.31. The van der Waals surface area contributed by atoms with Crippen molar-refractivity contribution in [2.45, 2.75) is 12.8 Å². The van der Waals surface area contributed by atoms with Crippen molar-refractivity contribution in [2.24, 2.45) is 5.14 Å². The second-order valence-corrected chi connectivity index (χ2v) is 6.12. The van der Waals surface area contributed by atoms with Crippen LogP contribution in [0.3, 0.4) is 0 Å². The van der Waals surface area contributed by atoms with Crippen LogP contribution < -0.4 is 5.14 Å². The van der Waals surface area contributed by atoms with Gasteiger partial charge in [0.2, 0.25) is 10.0 Å². The van der Waals surface area contributed by atoms with Crippen LogP contribution >= 0.6 is 0 Å². The monoisotopic (exact) mass is 282 g/mol. The van der Waals surface area contributed by atoms with E-state index in [4.69, 9.17) is 5.14 Å². The van der Waals surface area contributed by atoms with Gasteiger partial charge in [-0.15, -0.1) is 0 Å². The zero-order valence-corrected chi connectivity index (χ0v) is 11.0. The number of imide groups is 1. The van der Waals surface area contributed by atoms with E-state index < -0.39 is 10.0 Å². The lowest BCUT2D eigenvalue weighted by molar-refractivity contribution is 0.0652. The third-order valence-corrected chi connectivity index (χ3v) is 3.80. The fourth-order valence-electron chi connectivity index (χ4n) is 2.02. The molecule has 7 heteroatoms. The normalized spacial score (nSPS) is 14.9. The molecule has 1 heterocycles. The molecule has 0 aromatic heterocycles. The number of primary sulfonamides is 1. The lowest BCUT2D eigenvalue weighted by atomic mass is 10.1. The summed E-state index contributed by atoms with van der Waals surface area (Å²) in [6.07, 6.45) is 0.744. The number of fused-ring (bicyclic) bond motifs is 1. The van der Waals surface area contributed by atoms with Crippen LogP contribution in [0.4, 0.5) is 0 Å². The van der Waals surface area contributed by atoms with Gasteiger partial charge in [-0.3, -0.25) is 14.5 Å². The molecule has 2 rings (SSSR count). The Kier molecular flexibility index (Phi) is 3.68. The number of unbranched alkanes of at least 4 members (excludes halogenated alkanes) is 1. The van der Waals surface area contributed by atoms with E-state index >= 15 is 0 Å². The smallest absolute Gasteiger partial charge is 0.261 e. The number of hydrogen-bond donors (Lipinski definition) is 1. The maximum Gasteiger partial charge on any atom is 0.261 e. The summed E-state index contributed by atoms with van der Waals surface area (Å²) >= 11 is 0. The summed E-state index contributed by atoms with van der Waals surface area (Å²) in [5.41, 5.74) is 0.804. The molecule has 102 valence electrons. The van der Waals surface area contributed by atoms with Crippen molar-refractivity contribution in [3.8, 4) is 0 Å². The Morgan fingerprint density at radius 3 is 2.00 bits per heavy atom. The molecule has 0 fully saturated rings. The minimum absolute atomic E-state index is 0.143. The maximum atomic E-state index is 12.0. The van der Waals surface area contributed by atoms with E-state index in [1.54, 1.807) is 24.3 Å². The van der Waals surface area contributed by atoms with Crippen LogP contribution in [0, 0.1) is 0 Å². The first-order chi connectivity index (χ1) is 8.90. The summed E-state index contributed by atoms with van der Waals surface area (Å²) in [4.78, 5) is 25.1. The van der Waals surface area contributed by atoms with Crippen LogP contribution in [0.2, 0.25) is 0 Å². The Bertz CT molecular complexity index is 589. The number of amides is 2. The van der Waals surface area contributed by atoms with Gasteiger partial charge in [0.15, 0.2) is 0 Å². The van der Waals surface area contributed by atoms with Gasteiger partial charge < -0.3 is 0 Å². The predicted molar refractivity (Wildman–Crippen MR) is 69.0 cm³/mol. The van der Waals surface area contributed by atoms with Crippen LogP contribution in [0.25, 0.3) is 0 Å². The number of carbonyl (C=O) groups is 2. The van der Waals surface area contributed by atoms with Gasteiger partial charge in [-0.2, -0.15) is 0 Å². The highest BCUT2D eigenvalue weighted by Crippen LogP contribution is 2.22. The Morgan fingerprint density at radius 2 is 1.53 bits per heavy atom. The molecular formula is C12H14N2O4S. The van der Waals surface area contributed by atoms with Gasteiger partial charge in [-0.1, -0.05) is 12.1 Å². The molecule has 19 heavy (non-hydrogen) atoms. The van der Waals surface area contributed by atoms with Crippen LogP contribution in [0.5, 0.6) is 0 Å². The molecule has 2 amide bonds. The second-order valence-electron chi connectivity index (χ2n) is 4.38. The second kappa shape index (κ2) is 5.10. The summed E-state index contributed by atoms with van der Waals surface area (Å²) in [5, 5.41) is 4.88. The van der Waals surface area contributed by atoms with Gasteiger partial charge >= 0.3 is 0 Å². The van der Waals surface area contributed by atoms with Gasteiger partial charge in [0, 0.05) is 6.54 Å². The van der Waals surface area contributed by atoms with Crippen molar-refractivity contribution in [3.63, 3.8) is 0 Å². The van der Waals surface area contributed by atoms with E-state index in [0.717, 1.165) is 4.90 Å². The zero-order valence-electron chi connectivity index (χ0n) is 10.2. The molecule has 1 aromatic rings. The first-order valence-electron chi connectivity index (χ1n) is 5.86. The Morgan fingerprint density at radius 1 is 1.00 bits per heavy atom. The first kappa shape index (κ1) is 13.7. The Labute approximate surface area is 111 Å². The SMILES string of the molecule is NS(=O)(=O)CCCCN1C(=O)c2ccccc2C1=O. The largest absolute Gasteiger partial charge is 0.274 e.